The Balaban J connectivity index is 1.34. The lowest BCUT2D eigenvalue weighted by molar-refractivity contribution is -0.125. The molecule has 0 atom stereocenters. The summed E-state index contributed by atoms with van der Waals surface area (Å²) in [5.41, 5.74) is 1.13. The lowest BCUT2D eigenvalue weighted by atomic mass is 10.00. The third kappa shape index (κ3) is 3.57. The smallest absolute Gasteiger partial charge is 0.226 e. The second kappa shape index (κ2) is 7.11. The van der Waals surface area contributed by atoms with Gasteiger partial charge in [0.1, 0.15) is 17.4 Å². The molecular weight excluding hydrogens is 372 g/mol. The van der Waals surface area contributed by atoms with Crippen LogP contribution in [0.3, 0.4) is 0 Å². The zero-order valence-electron chi connectivity index (χ0n) is 14.5. The predicted molar refractivity (Wildman–Crippen MR) is 100 cm³/mol. The van der Waals surface area contributed by atoms with Crippen molar-refractivity contribution in [3.05, 3.63) is 53.6 Å². The van der Waals surface area contributed by atoms with Gasteiger partial charge in [0.05, 0.1) is 23.2 Å². The average Bonchev–Trinajstić information content (AvgIpc) is 3.02. The monoisotopic (exact) mass is 389 g/mol. The highest BCUT2D eigenvalue weighted by Crippen LogP contribution is 2.34. The molecular formula is C19H17F2N3O2S. The van der Waals surface area contributed by atoms with Crippen LogP contribution < -0.4 is 15.0 Å². The van der Waals surface area contributed by atoms with Crippen LogP contribution in [-0.4, -0.2) is 31.1 Å². The van der Waals surface area contributed by atoms with Gasteiger partial charge in [-0.2, -0.15) is 0 Å². The highest BCUT2D eigenvalue weighted by molar-refractivity contribution is 7.22. The van der Waals surface area contributed by atoms with E-state index in [4.69, 9.17) is 4.74 Å². The normalized spacial score (nSPS) is 14.3. The summed E-state index contributed by atoms with van der Waals surface area (Å²) in [5.74, 6) is -0.845. The molecule has 3 aromatic rings. The first-order valence-electron chi connectivity index (χ1n) is 8.44. The quantitative estimate of drug-likeness (QED) is 0.727. The van der Waals surface area contributed by atoms with E-state index in [-0.39, 0.29) is 23.9 Å². The first kappa shape index (κ1) is 17.7. The fourth-order valence-electron chi connectivity index (χ4n) is 2.95. The number of thiazole rings is 1. The minimum Gasteiger partial charge on any atom is -0.497 e. The van der Waals surface area contributed by atoms with Crippen molar-refractivity contribution in [3.8, 4) is 5.75 Å². The van der Waals surface area contributed by atoms with Crippen molar-refractivity contribution in [3.63, 3.8) is 0 Å². The largest absolute Gasteiger partial charge is 0.497 e. The van der Waals surface area contributed by atoms with E-state index in [1.165, 1.54) is 12.1 Å². The number of nitrogens with one attached hydrogen (secondary N) is 1. The van der Waals surface area contributed by atoms with Gasteiger partial charge in [-0.15, -0.1) is 0 Å². The first-order chi connectivity index (χ1) is 13.0. The highest BCUT2D eigenvalue weighted by Gasteiger charge is 2.34. The molecule has 0 aliphatic carbocycles. The molecule has 1 aliphatic heterocycles. The van der Waals surface area contributed by atoms with Crippen molar-refractivity contribution in [2.24, 2.45) is 5.92 Å². The molecule has 1 N–H and O–H groups in total. The van der Waals surface area contributed by atoms with Crippen LogP contribution in [0.25, 0.3) is 10.2 Å². The summed E-state index contributed by atoms with van der Waals surface area (Å²) in [6, 6.07) is 9.08. The molecule has 0 saturated carbocycles. The molecule has 1 aromatic heterocycles. The number of fused-ring (bicyclic) bond motifs is 1. The van der Waals surface area contributed by atoms with Crippen LogP contribution in [0.15, 0.2) is 36.4 Å². The molecule has 27 heavy (non-hydrogen) atoms. The number of carbonyl (C=O) groups is 1. The predicted octanol–water partition coefficient (Wildman–Crippen LogP) is 3.34. The van der Waals surface area contributed by atoms with E-state index >= 15 is 0 Å². The first-order valence-corrected chi connectivity index (χ1v) is 9.26. The molecule has 0 bridgehead atoms. The van der Waals surface area contributed by atoms with Crippen molar-refractivity contribution in [2.45, 2.75) is 6.54 Å². The number of amides is 1. The number of halogens is 2. The van der Waals surface area contributed by atoms with E-state index in [1.54, 1.807) is 18.4 Å². The van der Waals surface area contributed by atoms with Gasteiger partial charge >= 0.3 is 0 Å². The van der Waals surface area contributed by atoms with Gasteiger partial charge < -0.3 is 15.0 Å². The van der Waals surface area contributed by atoms with Gasteiger partial charge in [-0.3, -0.25) is 4.79 Å². The van der Waals surface area contributed by atoms with Crippen LogP contribution >= 0.6 is 11.3 Å². The van der Waals surface area contributed by atoms with E-state index in [1.807, 2.05) is 23.1 Å². The Morgan fingerprint density at radius 1 is 1.30 bits per heavy atom. The number of aromatic nitrogens is 1. The van der Waals surface area contributed by atoms with Crippen molar-refractivity contribution >= 4 is 32.6 Å². The van der Waals surface area contributed by atoms with Crippen LogP contribution in [0.2, 0.25) is 0 Å². The number of nitrogens with zero attached hydrogens (tertiary/aromatic N) is 2. The Kier molecular flexibility index (Phi) is 4.65. The number of benzene rings is 2. The molecule has 0 spiro atoms. The van der Waals surface area contributed by atoms with Gasteiger partial charge in [-0.05, 0) is 18.2 Å². The van der Waals surface area contributed by atoms with Crippen LogP contribution in [-0.2, 0) is 11.3 Å². The average molecular weight is 389 g/mol. The van der Waals surface area contributed by atoms with E-state index in [2.05, 4.69) is 10.3 Å². The highest BCUT2D eigenvalue weighted by atomic mass is 32.1. The third-order valence-electron chi connectivity index (χ3n) is 4.57. The number of hydrogen-bond donors (Lipinski definition) is 1. The fraction of sp³-hybridized carbons (Fsp3) is 0.263. The Hall–Kier alpha value is -2.74. The lowest BCUT2D eigenvalue weighted by Crippen LogP contribution is -2.53. The summed E-state index contributed by atoms with van der Waals surface area (Å²) in [4.78, 5) is 18.9. The Labute approximate surface area is 158 Å². The van der Waals surface area contributed by atoms with E-state index in [0.717, 1.165) is 27.2 Å². The summed E-state index contributed by atoms with van der Waals surface area (Å²) in [6.45, 7) is 1.17. The molecule has 140 valence electrons. The van der Waals surface area contributed by atoms with Gasteiger partial charge in [0.2, 0.25) is 5.91 Å². The van der Waals surface area contributed by atoms with E-state index in [0.29, 0.717) is 13.1 Å². The Bertz CT molecular complexity index is 1000. The Morgan fingerprint density at radius 2 is 2.11 bits per heavy atom. The molecule has 2 heterocycles. The van der Waals surface area contributed by atoms with Gasteiger partial charge in [0.15, 0.2) is 5.13 Å². The maximum atomic E-state index is 13.6. The van der Waals surface area contributed by atoms with Gasteiger partial charge in [-0.25, -0.2) is 13.8 Å². The Morgan fingerprint density at radius 3 is 2.85 bits per heavy atom. The number of rotatable bonds is 5. The summed E-state index contributed by atoms with van der Waals surface area (Å²) < 4.78 is 32.8. The number of anilines is 1. The maximum absolute atomic E-state index is 13.6. The van der Waals surface area contributed by atoms with Gasteiger partial charge in [-0.1, -0.05) is 17.4 Å². The van der Waals surface area contributed by atoms with Crippen molar-refractivity contribution in [2.75, 3.05) is 25.1 Å². The van der Waals surface area contributed by atoms with Crippen LogP contribution in [0, 0.1) is 17.6 Å². The summed E-state index contributed by atoms with van der Waals surface area (Å²) in [5, 5.41) is 3.58. The molecule has 2 aromatic carbocycles. The van der Waals surface area contributed by atoms with Gasteiger partial charge in [0, 0.05) is 37.3 Å². The summed E-state index contributed by atoms with van der Waals surface area (Å²) in [7, 11) is 1.62. The standard InChI is InChI=1S/C19H17F2N3O2S/c1-26-14-4-5-17-16(7-14)23-19(27-17)24-9-12(10-24)18(25)22-8-11-2-3-13(20)6-15(11)21/h2-7,12H,8-10H2,1H3,(H,22,25). The molecule has 1 aliphatic rings. The SMILES string of the molecule is COc1ccc2sc(N3CC(C(=O)NCc4ccc(F)cc4F)C3)nc2c1. The topological polar surface area (TPSA) is 54.5 Å². The number of ether oxygens (including phenoxy) is 1. The minimum absolute atomic E-state index is 0.0440. The summed E-state index contributed by atoms with van der Waals surface area (Å²) in [6.07, 6.45) is 0. The van der Waals surface area contributed by atoms with Crippen molar-refractivity contribution in [1.82, 2.24) is 10.3 Å². The summed E-state index contributed by atoms with van der Waals surface area (Å²) >= 11 is 1.57. The second-order valence-electron chi connectivity index (χ2n) is 6.39. The molecule has 8 heteroatoms. The van der Waals surface area contributed by atoms with E-state index < -0.39 is 11.6 Å². The van der Waals surface area contributed by atoms with Crippen LogP contribution in [0.5, 0.6) is 5.75 Å². The zero-order valence-corrected chi connectivity index (χ0v) is 15.4. The second-order valence-corrected chi connectivity index (χ2v) is 7.39. The fourth-order valence-corrected chi connectivity index (χ4v) is 3.91. The number of methoxy groups -OCH3 is 1. The number of carbonyl (C=O) groups excluding carboxylic acids is 1. The molecule has 1 saturated heterocycles. The van der Waals surface area contributed by atoms with Crippen LogP contribution in [0.1, 0.15) is 5.56 Å². The van der Waals surface area contributed by atoms with Gasteiger partial charge in [0.25, 0.3) is 0 Å². The van der Waals surface area contributed by atoms with Crippen LogP contribution in [0.4, 0.5) is 13.9 Å². The maximum Gasteiger partial charge on any atom is 0.226 e. The number of hydrogen-bond acceptors (Lipinski definition) is 5. The molecule has 4 rings (SSSR count). The zero-order chi connectivity index (χ0) is 19.0. The molecule has 5 nitrogen and oxygen atoms in total. The molecule has 0 radical (unpaired) electrons. The molecule has 0 unspecified atom stereocenters. The molecule has 1 fully saturated rings. The molecule has 1 amide bonds. The van der Waals surface area contributed by atoms with Crippen molar-refractivity contribution < 1.29 is 18.3 Å². The lowest BCUT2D eigenvalue weighted by Gasteiger charge is -2.37. The van der Waals surface area contributed by atoms with Crippen molar-refractivity contribution in [1.29, 1.82) is 0 Å². The third-order valence-corrected chi connectivity index (χ3v) is 5.67. The minimum atomic E-state index is -0.657. The van der Waals surface area contributed by atoms with E-state index in [9.17, 15) is 13.6 Å².